The van der Waals surface area contributed by atoms with Gasteiger partial charge in [0.15, 0.2) is 0 Å². The maximum atomic E-state index is 11.3. The second-order valence-corrected chi connectivity index (χ2v) is 5.46. The van der Waals surface area contributed by atoms with Gasteiger partial charge in [-0.05, 0) is 37.8 Å². The Kier molecular flexibility index (Phi) is 5.02. The second kappa shape index (κ2) is 6.75. The maximum absolute atomic E-state index is 11.3. The number of carbonyl (C=O) groups excluding carboxylic acids is 1. The third-order valence-corrected chi connectivity index (χ3v) is 4.12. The number of hydrogen-bond acceptors (Lipinski definition) is 3. The summed E-state index contributed by atoms with van der Waals surface area (Å²) in [5, 5.41) is 3.56. The van der Waals surface area contributed by atoms with Crippen molar-refractivity contribution in [1.29, 1.82) is 0 Å². The SMILES string of the molecule is COC(=O)c1ccc(CNC(C)C2CCCCC2)[nH]1. The van der Waals surface area contributed by atoms with Crippen LogP contribution in [0.2, 0.25) is 0 Å². The number of hydrogen-bond donors (Lipinski definition) is 2. The van der Waals surface area contributed by atoms with Crippen molar-refractivity contribution in [2.45, 2.75) is 51.6 Å². The van der Waals surface area contributed by atoms with Crippen LogP contribution in [-0.2, 0) is 11.3 Å². The lowest BCUT2D eigenvalue weighted by Crippen LogP contribution is -2.34. The number of methoxy groups -OCH3 is 1. The summed E-state index contributed by atoms with van der Waals surface area (Å²) in [6, 6.07) is 4.24. The van der Waals surface area contributed by atoms with Gasteiger partial charge in [-0.15, -0.1) is 0 Å². The van der Waals surface area contributed by atoms with Crippen molar-refractivity contribution in [3.8, 4) is 0 Å². The molecule has 1 aromatic heterocycles. The second-order valence-electron chi connectivity index (χ2n) is 5.46. The number of ether oxygens (including phenoxy) is 1. The Morgan fingerprint density at radius 1 is 1.42 bits per heavy atom. The Morgan fingerprint density at radius 3 is 2.84 bits per heavy atom. The molecule has 0 bridgehead atoms. The number of rotatable bonds is 5. The van der Waals surface area contributed by atoms with E-state index >= 15 is 0 Å². The lowest BCUT2D eigenvalue weighted by molar-refractivity contribution is 0.0594. The third kappa shape index (κ3) is 3.83. The molecule has 106 valence electrons. The molecule has 0 radical (unpaired) electrons. The summed E-state index contributed by atoms with van der Waals surface area (Å²) in [5.41, 5.74) is 1.55. The van der Waals surface area contributed by atoms with Gasteiger partial charge in [0.1, 0.15) is 5.69 Å². The highest BCUT2D eigenvalue weighted by molar-refractivity contribution is 5.87. The maximum Gasteiger partial charge on any atom is 0.354 e. The quantitative estimate of drug-likeness (QED) is 0.804. The molecule has 0 saturated heterocycles. The molecular formula is C15H24N2O2. The van der Waals surface area contributed by atoms with Gasteiger partial charge >= 0.3 is 5.97 Å². The van der Waals surface area contributed by atoms with E-state index in [1.54, 1.807) is 6.07 Å². The smallest absolute Gasteiger partial charge is 0.354 e. The summed E-state index contributed by atoms with van der Waals surface area (Å²) in [4.78, 5) is 14.4. The van der Waals surface area contributed by atoms with Crippen molar-refractivity contribution < 1.29 is 9.53 Å². The predicted molar refractivity (Wildman–Crippen MR) is 75.0 cm³/mol. The Labute approximate surface area is 114 Å². The molecule has 1 unspecified atom stereocenters. The van der Waals surface area contributed by atoms with E-state index in [-0.39, 0.29) is 5.97 Å². The molecule has 4 heteroatoms. The van der Waals surface area contributed by atoms with E-state index in [2.05, 4.69) is 22.0 Å². The van der Waals surface area contributed by atoms with Crippen LogP contribution in [0.4, 0.5) is 0 Å². The molecule has 1 aromatic rings. The van der Waals surface area contributed by atoms with Gasteiger partial charge in [0.2, 0.25) is 0 Å². The molecule has 1 saturated carbocycles. The molecule has 1 fully saturated rings. The number of aromatic nitrogens is 1. The minimum Gasteiger partial charge on any atom is -0.464 e. The van der Waals surface area contributed by atoms with E-state index in [1.807, 2.05) is 6.07 Å². The van der Waals surface area contributed by atoms with Gasteiger partial charge in [0, 0.05) is 18.3 Å². The summed E-state index contributed by atoms with van der Waals surface area (Å²) in [6.45, 7) is 3.04. The molecule has 1 heterocycles. The van der Waals surface area contributed by atoms with Gasteiger partial charge in [-0.1, -0.05) is 19.3 Å². The van der Waals surface area contributed by atoms with Gasteiger partial charge in [0.05, 0.1) is 7.11 Å². The monoisotopic (exact) mass is 264 g/mol. The van der Waals surface area contributed by atoms with Crippen LogP contribution in [0.3, 0.4) is 0 Å². The fourth-order valence-corrected chi connectivity index (χ4v) is 2.84. The van der Waals surface area contributed by atoms with Crippen LogP contribution in [0.5, 0.6) is 0 Å². The van der Waals surface area contributed by atoms with Crippen molar-refractivity contribution >= 4 is 5.97 Å². The first-order valence-corrected chi connectivity index (χ1v) is 7.20. The fraction of sp³-hybridized carbons (Fsp3) is 0.667. The van der Waals surface area contributed by atoms with Crippen molar-refractivity contribution in [2.24, 2.45) is 5.92 Å². The molecular weight excluding hydrogens is 240 g/mol. The topological polar surface area (TPSA) is 54.1 Å². The summed E-state index contributed by atoms with van der Waals surface area (Å²) in [6.07, 6.45) is 6.80. The predicted octanol–water partition coefficient (Wildman–Crippen LogP) is 2.86. The van der Waals surface area contributed by atoms with Gasteiger partial charge in [-0.25, -0.2) is 4.79 Å². The van der Waals surface area contributed by atoms with E-state index < -0.39 is 0 Å². The summed E-state index contributed by atoms with van der Waals surface area (Å²) >= 11 is 0. The minimum absolute atomic E-state index is 0.313. The highest BCUT2D eigenvalue weighted by Crippen LogP contribution is 2.26. The Bertz CT molecular complexity index is 408. The van der Waals surface area contributed by atoms with Crippen LogP contribution in [0.15, 0.2) is 12.1 Å². The average Bonchev–Trinajstić information content (AvgIpc) is 2.93. The van der Waals surface area contributed by atoms with Gasteiger partial charge in [0.25, 0.3) is 0 Å². The zero-order chi connectivity index (χ0) is 13.7. The molecule has 0 aromatic carbocycles. The van der Waals surface area contributed by atoms with Crippen molar-refractivity contribution in [3.63, 3.8) is 0 Å². The summed E-state index contributed by atoms with van der Waals surface area (Å²) in [5.74, 6) is 0.482. The Hall–Kier alpha value is -1.29. The number of H-pyrrole nitrogens is 1. The highest BCUT2D eigenvalue weighted by Gasteiger charge is 2.19. The van der Waals surface area contributed by atoms with Crippen LogP contribution >= 0.6 is 0 Å². The molecule has 0 spiro atoms. The zero-order valence-corrected chi connectivity index (χ0v) is 11.9. The van der Waals surface area contributed by atoms with Gasteiger partial charge in [-0.3, -0.25) is 0 Å². The van der Waals surface area contributed by atoms with E-state index in [0.717, 1.165) is 18.2 Å². The molecule has 2 rings (SSSR count). The minimum atomic E-state index is -0.313. The zero-order valence-electron chi connectivity index (χ0n) is 11.9. The lowest BCUT2D eigenvalue weighted by atomic mass is 9.84. The van der Waals surface area contributed by atoms with Gasteiger partial charge in [-0.2, -0.15) is 0 Å². The van der Waals surface area contributed by atoms with Crippen LogP contribution in [0.25, 0.3) is 0 Å². The van der Waals surface area contributed by atoms with E-state index in [1.165, 1.54) is 39.2 Å². The summed E-state index contributed by atoms with van der Waals surface area (Å²) in [7, 11) is 1.40. The van der Waals surface area contributed by atoms with E-state index in [9.17, 15) is 4.79 Å². The van der Waals surface area contributed by atoms with Crippen LogP contribution < -0.4 is 5.32 Å². The Morgan fingerprint density at radius 2 is 2.16 bits per heavy atom. The number of nitrogens with one attached hydrogen (secondary N) is 2. The van der Waals surface area contributed by atoms with Crippen molar-refractivity contribution in [3.05, 3.63) is 23.5 Å². The lowest BCUT2D eigenvalue weighted by Gasteiger charge is -2.28. The van der Waals surface area contributed by atoms with E-state index in [0.29, 0.717) is 11.7 Å². The van der Waals surface area contributed by atoms with Gasteiger partial charge < -0.3 is 15.0 Å². The number of carbonyl (C=O) groups is 1. The molecule has 4 nitrogen and oxygen atoms in total. The average molecular weight is 264 g/mol. The molecule has 1 aliphatic rings. The molecule has 1 aliphatic carbocycles. The third-order valence-electron chi connectivity index (χ3n) is 4.12. The number of esters is 1. The first kappa shape index (κ1) is 14.1. The molecule has 0 aliphatic heterocycles. The number of aromatic amines is 1. The van der Waals surface area contributed by atoms with Crippen molar-refractivity contribution in [2.75, 3.05) is 7.11 Å². The molecule has 2 N–H and O–H groups in total. The standard InChI is InChI=1S/C15H24N2O2/c1-11(12-6-4-3-5-7-12)16-10-13-8-9-14(17-13)15(18)19-2/h8-9,11-12,16-17H,3-7,10H2,1-2H3. The van der Waals surface area contributed by atoms with Crippen LogP contribution in [-0.4, -0.2) is 24.1 Å². The largest absolute Gasteiger partial charge is 0.464 e. The molecule has 0 amide bonds. The summed E-state index contributed by atoms with van der Waals surface area (Å²) < 4.78 is 4.68. The molecule has 1 atom stereocenters. The highest BCUT2D eigenvalue weighted by atomic mass is 16.5. The molecule has 19 heavy (non-hydrogen) atoms. The Balaban J connectivity index is 1.81. The first-order valence-electron chi connectivity index (χ1n) is 7.20. The van der Waals surface area contributed by atoms with Crippen molar-refractivity contribution in [1.82, 2.24) is 10.3 Å². The fourth-order valence-electron chi connectivity index (χ4n) is 2.84. The normalized spacial score (nSPS) is 18.2. The van der Waals surface area contributed by atoms with E-state index in [4.69, 9.17) is 0 Å². The van der Waals surface area contributed by atoms with Crippen LogP contribution in [0, 0.1) is 5.92 Å². The first-order chi connectivity index (χ1) is 9.20. The van der Waals surface area contributed by atoms with Crippen LogP contribution in [0.1, 0.15) is 55.2 Å².